The van der Waals surface area contributed by atoms with Crippen molar-refractivity contribution in [2.45, 2.75) is 18.7 Å². The molecule has 1 aromatic carbocycles. The third-order valence-electron chi connectivity index (χ3n) is 2.50. The Labute approximate surface area is 112 Å². The zero-order chi connectivity index (χ0) is 14.6. The SMILES string of the molecule is CCOC(=O)CN(C)S(=O)(=O)c1cc(F)ccc1C. The molecule has 1 aromatic rings. The third kappa shape index (κ3) is 3.74. The molecule has 0 N–H and O–H groups in total. The largest absolute Gasteiger partial charge is 0.465 e. The number of likely N-dealkylation sites (N-methyl/N-ethyl adjacent to an activating group) is 1. The monoisotopic (exact) mass is 289 g/mol. The smallest absolute Gasteiger partial charge is 0.321 e. The Kier molecular flexibility index (Phi) is 5.02. The number of rotatable bonds is 5. The highest BCUT2D eigenvalue weighted by molar-refractivity contribution is 7.89. The van der Waals surface area contributed by atoms with Gasteiger partial charge in [0, 0.05) is 7.05 Å². The van der Waals surface area contributed by atoms with Crippen LogP contribution in [0, 0.1) is 12.7 Å². The average Bonchev–Trinajstić information content (AvgIpc) is 2.32. The van der Waals surface area contributed by atoms with Crippen molar-refractivity contribution in [2.24, 2.45) is 0 Å². The molecule has 0 amide bonds. The lowest BCUT2D eigenvalue weighted by Crippen LogP contribution is -2.33. The minimum Gasteiger partial charge on any atom is -0.465 e. The highest BCUT2D eigenvalue weighted by Gasteiger charge is 2.25. The number of carbonyl (C=O) groups excluding carboxylic acids is 1. The van der Waals surface area contributed by atoms with E-state index in [0.717, 1.165) is 10.4 Å². The molecule has 0 aliphatic rings. The van der Waals surface area contributed by atoms with Gasteiger partial charge in [0.1, 0.15) is 12.4 Å². The summed E-state index contributed by atoms with van der Waals surface area (Å²) in [6.45, 7) is 2.95. The Morgan fingerprint density at radius 1 is 1.42 bits per heavy atom. The Hall–Kier alpha value is -1.47. The third-order valence-corrected chi connectivity index (χ3v) is 4.44. The number of esters is 1. The summed E-state index contributed by atoms with van der Waals surface area (Å²) in [6.07, 6.45) is 0. The van der Waals surface area contributed by atoms with Gasteiger partial charge in [-0.1, -0.05) is 6.07 Å². The van der Waals surface area contributed by atoms with Gasteiger partial charge in [-0.05, 0) is 31.5 Å². The fraction of sp³-hybridized carbons (Fsp3) is 0.417. The van der Waals surface area contributed by atoms with E-state index in [4.69, 9.17) is 0 Å². The topological polar surface area (TPSA) is 63.7 Å². The predicted octanol–water partition coefficient (Wildman–Crippen LogP) is 1.32. The fourth-order valence-electron chi connectivity index (χ4n) is 1.49. The maximum absolute atomic E-state index is 13.1. The summed E-state index contributed by atoms with van der Waals surface area (Å²) in [7, 11) is -2.67. The number of aryl methyl sites for hydroxylation is 1. The Morgan fingerprint density at radius 2 is 2.05 bits per heavy atom. The minimum absolute atomic E-state index is 0.153. The van der Waals surface area contributed by atoms with E-state index in [1.54, 1.807) is 13.8 Å². The number of benzene rings is 1. The predicted molar refractivity (Wildman–Crippen MR) is 67.6 cm³/mol. The van der Waals surface area contributed by atoms with Crippen molar-refractivity contribution in [2.75, 3.05) is 20.2 Å². The Morgan fingerprint density at radius 3 is 2.63 bits per heavy atom. The van der Waals surface area contributed by atoms with Crippen LogP contribution in [0.1, 0.15) is 12.5 Å². The van der Waals surface area contributed by atoms with Crippen molar-refractivity contribution < 1.29 is 22.3 Å². The Balaban J connectivity index is 3.03. The van der Waals surface area contributed by atoms with Crippen LogP contribution in [0.5, 0.6) is 0 Å². The molecule has 0 aliphatic carbocycles. The van der Waals surface area contributed by atoms with Gasteiger partial charge in [-0.15, -0.1) is 0 Å². The summed E-state index contributed by atoms with van der Waals surface area (Å²) < 4.78 is 43.1. The van der Waals surface area contributed by atoms with Gasteiger partial charge < -0.3 is 4.74 Å². The second-order valence-corrected chi connectivity index (χ2v) is 5.99. The quantitative estimate of drug-likeness (QED) is 0.767. The Bertz CT molecular complexity index is 571. The fourth-order valence-corrected chi connectivity index (χ4v) is 2.84. The average molecular weight is 289 g/mol. The van der Waals surface area contributed by atoms with Crippen LogP contribution in [0.25, 0.3) is 0 Å². The lowest BCUT2D eigenvalue weighted by molar-refractivity contribution is -0.143. The van der Waals surface area contributed by atoms with Crippen molar-refractivity contribution in [1.82, 2.24) is 4.31 Å². The first kappa shape index (κ1) is 15.6. The molecule has 7 heteroatoms. The molecule has 0 aromatic heterocycles. The first-order chi connectivity index (χ1) is 8.78. The maximum Gasteiger partial charge on any atom is 0.321 e. The van der Waals surface area contributed by atoms with E-state index < -0.39 is 28.4 Å². The van der Waals surface area contributed by atoms with Crippen molar-refractivity contribution >= 4 is 16.0 Å². The van der Waals surface area contributed by atoms with E-state index in [0.29, 0.717) is 5.56 Å². The lowest BCUT2D eigenvalue weighted by atomic mass is 10.2. The van der Waals surface area contributed by atoms with Crippen LogP contribution in [0.15, 0.2) is 23.1 Å². The van der Waals surface area contributed by atoms with Crippen molar-refractivity contribution in [3.05, 3.63) is 29.6 Å². The van der Waals surface area contributed by atoms with E-state index in [1.807, 2.05) is 0 Å². The summed E-state index contributed by atoms with van der Waals surface area (Å²) in [5.74, 6) is -1.30. The van der Waals surface area contributed by atoms with Crippen LogP contribution in [0.3, 0.4) is 0 Å². The van der Waals surface area contributed by atoms with E-state index in [-0.39, 0.29) is 11.5 Å². The number of ether oxygens (including phenoxy) is 1. The molecule has 0 atom stereocenters. The molecular weight excluding hydrogens is 273 g/mol. The molecule has 0 fully saturated rings. The molecule has 0 spiro atoms. The molecule has 1 rings (SSSR count). The van der Waals surface area contributed by atoms with Gasteiger partial charge in [-0.3, -0.25) is 4.79 Å². The van der Waals surface area contributed by atoms with Gasteiger partial charge >= 0.3 is 5.97 Å². The molecule has 19 heavy (non-hydrogen) atoms. The summed E-state index contributed by atoms with van der Waals surface area (Å²) in [6, 6.07) is 3.49. The van der Waals surface area contributed by atoms with Gasteiger partial charge in [-0.25, -0.2) is 12.8 Å². The molecule has 0 saturated carbocycles. The number of halogens is 1. The molecule has 0 bridgehead atoms. The van der Waals surface area contributed by atoms with Crippen molar-refractivity contribution in [1.29, 1.82) is 0 Å². The summed E-state index contributed by atoms with van der Waals surface area (Å²) in [5.41, 5.74) is 0.414. The molecular formula is C12H16FNO4S. The molecule has 5 nitrogen and oxygen atoms in total. The van der Waals surface area contributed by atoms with E-state index in [2.05, 4.69) is 4.74 Å². The first-order valence-electron chi connectivity index (χ1n) is 5.67. The molecule has 0 saturated heterocycles. The van der Waals surface area contributed by atoms with Gasteiger partial charge in [0.15, 0.2) is 0 Å². The number of sulfonamides is 1. The highest BCUT2D eigenvalue weighted by atomic mass is 32.2. The zero-order valence-electron chi connectivity index (χ0n) is 11.0. The minimum atomic E-state index is -3.91. The number of carbonyl (C=O) groups is 1. The summed E-state index contributed by atoms with van der Waals surface area (Å²) in [5, 5.41) is 0. The van der Waals surface area contributed by atoms with Crippen LogP contribution in [-0.4, -0.2) is 38.9 Å². The van der Waals surface area contributed by atoms with Crippen LogP contribution in [-0.2, 0) is 19.6 Å². The van der Waals surface area contributed by atoms with E-state index in [9.17, 15) is 17.6 Å². The van der Waals surface area contributed by atoms with Crippen molar-refractivity contribution in [3.63, 3.8) is 0 Å². The highest BCUT2D eigenvalue weighted by Crippen LogP contribution is 2.19. The van der Waals surface area contributed by atoms with Crippen LogP contribution >= 0.6 is 0 Å². The van der Waals surface area contributed by atoms with Crippen LogP contribution < -0.4 is 0 Å². The second-order valence-electron chi connectivity index (χ2n) is 3.98. The zero-order valence-corrected chi connectivity index (χ0v) is 11.8. The first-order valence-corrected chi connectivity index (χ1v) is 7.11. The van der Waals surface area contributed by atoms with Crippen LogP contribution in [0.2, 0.25) is 0 Å². The van der Waals surface area contributed by atoms with Gasteiger partial charge in [-0.2, -0.15) is 4.31 Å². The molecule has 0 radical (unpaired) electrons. The second kappa shape index (κ2) is 6.12. The van der Waals surface area contributed by atoms with Gasteiger partial charge in [0.25, 0.3) is 0 Å². The molecule has 0 aliphatic heterocycles. The lowest BCUT2D eigenvalue weighted by Gasteiger charge is -2.17. The van der Waals surface area contributed by atoms with Gasteiger partial charge in [0.05, 0.1) is 11.5 Å². The summed E-state index contributed by atoms with van der Waals surface area (Å²) in [4.78, 5) is 11.1. The van der Waals surface area contributed by atoms with Crippen molar-refractivity contribution in [3.8, 4) is 0 Å². The van der Waals surface area contributed by atoms with E-state index >= 15 is 0 Å². The van der Waals surface area contributed by atoms with Gasteiger partial charge in [0.2, 0.25) is 10.0 Å². The molecule has 106 valence electrons. The normalized spacial score (nSPS) is 11.6. The van der Waals surface area contributed by atoms with Crippen LogP contribution in [0.4, 0.5) is 4.39 Å². The molecule has 0 heterocycles. The standard InChI is InChI=1S/C12H16FNO4S/c1-4-18-12(15)8-14(3)19(16,17)11-7-10(13)6-5-9(11)2/h5-7H,4,8H2,1-3H3. The molecule has 0 unspecified atom stereocenters. The number of hydrogen-bond acceptors (Lipinski definition) is 4. The number of hydrogen-bond donors (Lipinski definition) is 0. The maximum atomic E-state index is 13.1. The summed E-state index contributed by atoms with van der Waals surface area (Å²) >= 11 is 0. The number of nitrogens with zero attached hydrogens (tertiary/aromatic N) is 1. The van der Waals surface area contributed by atoms with E-state index in [1.165, 1.54) is 19.2 Å².